The number of allylic oxidation sites excluding steroid dienone is 1. The van der Waals surface area contributed by atoms with Crippen LogP contribution in [-0.4, -0.2) is 18.6 Å². The Morgan fingerprint density at radius 1 is 1.14 bits per heavy atom. The molecule has 14 heavy (non-hydrogen) atoms. The summed E-state index contributed by atoms with van der Waals surface area (Å²) in [5.41, 5.74) is 0. The average Bonchev–Trinajstić information content (AvgIpc) is 2.11. The molecule has 0 N–H and O–H groups in total. The van der Waals surface area contributed by atoms with Crippen molar-refractivity contribution in [3.63, 3.8) is 0 Å². The summed E-state index contributed by atoms with van der Waals surface area (Å²) < 4.78 is 5.78. The van der Waals surface area contributed by atoms with Crippen LogP contribution in [0.3, 0.4) is 0 Å². The van der Waals surface area contributed by atoms with E-state index in [2.05, 4.69) is 13.8 Å². The zero-order chi connectivity index (χ0) is 10.4. The van der Waals surface area contributed by atoms with Gasteiger partial charge in [0.2, 0.25) is 0 Å². The molecule has 0 aliphatic heterocycles. The number of hydrogen-bond donors (Lipinski definition) is 0. The Hall–Kier alpha value is -0.0100. The second-order valence-electron chi connectivity index (χ2n) is 4.50. The molecule has 0 aromatic heterocycles. The molecule has 2 unspecified atom stereocenters. The summed E-state index contributed by atoms with van der Waals surface area (Å²) in [7, 11) is 0. The van der Waals surface area contributed by atoms with Gasteiger partial charge in [0.15, 0.2) is 0 Å². The summed E-state index contributed by atoms with van der Waals surface area (Å²) >= 11 is 5.53. The van der Waals surface area contributed by atoms with Crippen molar-refractivity contribution in [3.05, 3.63) is 12.2 Å². The van der Waals surface area contributed by atoms with Crippen LogP contribution in [0.25, 0.3) is 0 Å². The van der Waals surface area contributed by atoms with Crippen LogP contribution >= 0.6 is 11.6 Å². The highest BCUT2D eigenvalue weighted by Gasteiger charge is 2.23. The molecule has 1 aliphatic rings. The van der Waals surface area contributed by atoms with Crippen LogP contribution < -0.4 is 0 Å². The van der Waals surface area contributed by atoms with Gasteiger partial charge in [0.1, 0.15) is 0 Å². The quantitative estimate of drug-likeness (QED) is 0.515. The largest absolute Gasteiger partial charge is 0.374 e. The zero-order valence-corrected chi connectivity index (χ0v) is 9.96. The maximum atomic E-state index is 5.78. The van der Waals surface area contributed by atoms with Gasteiger partial charge in [0, 0.05) is 5.88 Å². The minimum Gasteiger partial charge on any atom is -0.374 e. The molecule has 1 fully saturated rings. The van der Waals surface area contributed by atoms with Gasteiger partial charge in [0.25, 0.3) is 0 Å². The van der Waals surface area contributed by atoms with Gasteiger partial charge in [0.05, 0.1) is 12.7 Å². The molecule has 0 saturated heterocycles. The first-order valence-corrected chi connectivity index (χ1v) is 6.08. The molecule has 2 heteroatoms. The highest BCUT2D eigenvalue weighted by atomic mass is 35.5. The van der Waals surface area contributed by atoms with Crippen molar-refractivity contribution in [1.82, 2.24) is 0 Å². The third-order valence-electron chi connectivity index (χ3n) is 2.82. The highest BCUT2D eigenvalue weighted by Crippen LogP contribution is 2.30. The van der Waals surface area contributed by atoms with Crippen molar-refractivity contribution in [1.29, 1.82) is 0 Å². The molecule has 1 nitrogen and oxygen atoms in total. The standard InChI is InChI=1S/C12H21ClO/c1-10-7-11(2)9-12(8-10)14-6-4-3-5-13/h3-4,10-12H,5-9H2,1-2H3. The molecule has 0 bridgehead atoms. The lowest BCUT2D eigenvalue weighted by molar-refractivity contribution is 0.0157. The third kappa shape index (κ3) is 4.47. The first-order chi connectivity index (χ1) is 6.72. The summed E-state index contributed by atoms with van der Waals surface area (Å²) in [4.78, 5) is 0. The van der Waals surface area contributed by atoms with Crippen LogP contribution in [0.5, 0.6) is 0 Å². The second kappa shape index (κ2) is 6.47. The molecule has 0 radical (unpaired) electrons. The predicted octanol–water partition coefficient (Wildman–Crippen LogP) is 3.62. The molecule has 1 aliphatic carbocycles. The molecule has 0 aromatic carbocycles. The smallest absolute Gasteiger partial charge is 0.0651 e. The topological polar surface area (TPSA) is 9.23 Å². The molecular weight excluding hydrogens is 196 g/mol. The van der Waals surface area contributed by atoms with E-state index in [0.717, 1.165) is 18.4 Å². The normalized spacial score (nSPS) is 33.8. The van der Waals surface area contributed by atoms with Gasteiger partial charge in [-0.25, -0.2) is 0 Å². The van der Waals surface area contributed by atoms with Crippen LogP contribution in [0, 0.1) is 11.8 Å². The molecule has 0 amide bonds. The van der Waals surface area contributed by atoms with Gasteiger partial charge in [-0.15, -0.1) is 11.6 Å². The van der Waals surface area contributed by atoms with E-state index in [9.17, 15) is 0 Å². The number of alkyl halides is 1. The van der Waals surface area contributed by atoms with Gasteiger partial charge in [-0.2, -0.15) is 0 Å². The fourth-order valence-corrected chi connectivity index (χ4v) is 2.46. The van der Waals surface area contributed by atoms with Gasteiger partial charge < -0.3 is 4.74 Å². The Kier molecular flexibility index (Phi) is 5.57. The van der Waals surface area contributed by atoms with Gasteiger partial charge in [-0.1, -0.05) is 26.0 Å². The minimum absolute atomic E-state index is 0.466. The van der Waals surface area contributed by atoms with Crippen molar-refractivity contribution in [3.8, 4) is 0 Å². The third-order valence-corrected chi connectivity index (χ3v) is 3.00. The predicted molar refractivity (Wildman–Crippen MR) is 61.8 cm³/mol. The molecule has 0 spiro atoms. The van der Waals surface area contributed by atoms with E-state index in [1.807, 2.05) is 12.2 Å². The Morgan fingerprint density at radius 2 is 1.79 bits per heavy atom. The molecular formula is C12H21ClO. The van der Waals surface area contributed by atoms with Crippen molar-refractivity contribution in [2.24, 2.45) is 11.8 Å². The van der Waals surface area contributed by atoms with Gasteiger partial charge in [-0.3, -0.25) is 0 Å². The second-order valence-corrected chi connectivity index (χ2v) is 4.81. The molecule has 0 heterocycles. The van der Waals surface area contributed by atoms with Crippen molar-refractivity contribution < 1.29 is 4.74 Å². The first-order valence-electron chi connectivity index (χ1n) is 5.55. The maximum Gasteiger partial charge on any atom is 0.0651 e. The average molecular weight is 217 g/mol. The van der Waals surface area contributed by atoms with Crippen molar-refractivity contribution >= 4 is 11.6 Å². The summed E-state index contributed by atoms with van der Waals surface area (Å²) in [6, 6.07) is 0. The zero-order valence-electron chi connectivity index (χ0n) is 9.21. The Labute approximate surface area is 92.5 Å². The Morgan fingerprint density at radius 3 is 2.36 bits per heavy atom. The van der Waals surface area contributed by atoms with Crippen molar-refractivity contribution in [2.75, 3.05) is 12.5 Å². The van der Waals surface area contributed by atoms with E-state index >= 15 is 0 Å². The number of ether oxygens (including phenoxy) is 1. The SMILES string of the molecule is CC1CC(C)CC(OCC=CCCl)C1. The number of halogens is 1. The highest BCUT2D eigenvalue weighted by molar-refractivity contribution is 6.18. The van der Waals surface area contributed by atoms with Crippen molar-refractivity contribution in [2.45, 2.75) is 39.2 Å². The Balaban J connectivity index is 2.20. The first kappa shape index (κ1) is 12.1. The van der Waals surface area contributed by atoms with Gasteiger partial charge in [-0.05, 0) is 31.1 Å². The molecule has 0 aromatic rings. The van der Waals surface area contributed by atoms with E-state index in [-0.39, 0.29) is 0 Å². The molecule has 1 saturated carbocycles. The van der Waals surface area contributed by atoms with E-state index in [0.29, 0.717) is 12.0 Å². The minimum atomic E-state index is 0.466. The summed E-state index contributed by atoms with van der Waals surface area (Å²) in [5.74, 6) is 2.22. The fraction of sp³-hybridized carbons (Fsp3) is 0.833. The summed E-state index contributed by atoms with van der Waals surface area (Å²) in [6.07, 6.45) is 8.22. The van der Waals surface area contributed by atoms with E-state index in [1.165, 1.54) is 19.3 Å². The summed E-state index contributed by atoms with van der Waals surface area (Å²) in [5, 5.41) is 0. The monoisotopic (exact) mass is 216 g/mol. The van der Waals surface area contributed by atoms with Crippen LogP contribution in [0.1, 0.15) is 33.1 Å². The van der Waals surface area contributed by atoms with Crippen LogP contribution in [0.2, 0.25) is 0 Å². The lowest BCUT2D eigenvalue weighted by Gasteiger charge is -2.31. The number of rotatable bonds is 4. The molecule has 82 valence electrons. The fourth-order valence-electron chi connectivity index (χ4n) is 2.33. The molecule has 1 rings (SSSR count). The number of hydrogen-bond acceptors (Lipinski definition) is 1. The van der Waals surface area contributed by atoms with Gasteiger partial charge >= 0.3 is 0 Å². The van der Waals surface area contributed by atoms with E-state index in [4.69, 9.17) is 16.3 Å². The molecule has 2 atom stereocenters. The van der Waals surface area contributed by atoms with E-state index < -0.39 is 0 Å². The Bertz CT molecular complexity index is 169. The summed E-state index contributed by atoms with van der Waals surface area (Å²) in [6.45, 7) is 5.36. The van der Waals surface area contributed by atoms with E-state index in [1.54, 1.807) is 0 Å². The van der Waals surface area contributed by atoms with Crippen LogP contribution in [0.4, 0.5) is 0 Å². The van der Waals surface area contributed by atoms with Crippen LogP contribution in [-0.2, 0) is 4.74 Å². The lowest BCUT2D eigenvalue weighted by Crippen LogP contribution is -2.26. The van der Waals surface area contributed by atoms with Crippen LogP contribution in [0.15, 0.2) is 12.2 Å². The lowest BCUT2D eigenvalue weighted by atomic mass is 9.82. The maximum absolute atomic E-state index is 5.78.